The molecule has 1 atom stereocenters. The number of aryl methyl sites for hydroxylation is 3. The van der Waals surface area contributed by atoms with Gasteiger partial charge in [-0.05, 0) is 26.8 Å². The van der Waals surface area contributed by atoms with Gasteiger partial charge in [0, 0.05) is 60.2 Å². The minimum absolute atomic E-state index is 0.00435. The normalized spacial score (nSPS) is 15.3. The number of alkyl halides is 3. The lowest BCUT2D eigenvalue weighted by Crippen LogP contribution is -2.11. The monoisotopic (exact) mass is 482 g/mol. The van der Waals surface area contributed by atoms with Crippen LogP contribution in [0.3, 0.4) is 0 Å². The minimum Gasteiger partial charge on any atom is -0.482 e. The summed E-state index contributed by atoms with van der Waals surface area (Å²) >= 11 is 0. The van der Waals surface area contributed by atoms with Gasteiger partial charge in [-0.3, -0.25) is 9.36 Å². The van der Waals surface area contributed by atoms with E-state index in [1.54, 1.807) is 30.9 Å². The van der Waals surface area contributed by atoms with Crippen LogP contribution in [0.25, 0.3) is 22.5 Å². The number of aromatic nitrogens is 5. The van der Waals surface area contributed by atoms with E-state index < -0.39 is 18.0 Å². The van der Waals surface area contributed by atoms with Gasteiger partial charge in [-0.2, -0.15) is 23.4 Å². The zero-order valence-electron chi connectivity index (χ0n) is 19.8. The Kier molecular flexibility index (Phi) is 5.34. The molecule has 10 heteroatoms. The van der Waals surface area contributed by atoms with Crippen LogP contribution in [0.1, 0.15) is 47.9 Å². The SMILES string of the molecule is CCn1nc(C(F)(F)F)c2c1-c1cnc(N)c(c1)OC(C)c1cc(C)ccc1-c1nn(C)cc1C2. The molecule has 1 aromatic carbocycles. The van der Waals surface area contributed by atoms with Gasteiger partial charge in [0.25, 0.3) is 0 Å². The third-order valence-corrected chi connectivity index (χ3v) is 6.25. The van der Waals surface area contributed by atoms with E-state index >= 15 is 0 Å². The maximum atomic E-state index is 14.2. The van der Waals surface area contributed by atoms with Gasteiger partial charge in [0.15, 0.2) is 17.3 Å². The van der Waals surface area contributed by atoms with Crippen molar-refractivity contribution >= 4 is 5.82 Å². The third kappa shape index (κ3) is 3.92. The number of benzene rings is 1. The number of ether oxygens (including phenoxy) is 1. The van der Waals surface area contributed by atoms with E-state index in [2.05, 4.69) is 15.2 Å². The number of anilines is 1. The summed E-state index contributed by atoms with van der Waals surface area (Å²) in [6.07, 6.45) is -1.83. The van der Waals surface area contributed by atoms with Gasteiger partial charge in [-0.15, -0.1) is 0 Å². The van der Waals surface area contributed by atoms with Crippen LogP contribution < -0.4 is 10.5 Å². The maximum absolute atomic E-state index is 14.2. The number of nitrogens with two attached hydrogens (primary N) is 1. The summed E-state index contributed by atoms with van der Waals surface area (Å²) in [5.41, 5.74) is 10.00. The van der Waals surface area contributed by atoms with Gasteiger partial charge in [-0.1, -0.05) is 23.8 Å². The fourth-order valence-electron chi connectivity index (χ4n) is 4.70. The number of rotatable bonds is 1. The quantitative estimate of drug-likeness (QED) is 0.397. The molecular formula is C25H25F3N6O. The van der Waals surface area contributed by atoms with Crippen LogP contribution >= 0.6 is 0 Å². The van der Waals surface area contributed by atoms with Gasteiger partial charge in [0.05, 0.1) is 11.4 Å². The summed E-state index contributed by atoms with van der Waals surface area (Å²) in [4.78, 5) is 4.24. The van der Waals surface area contributed by atoms with Crippen molar-refractivity contribution in [1.82, 2.24) is 24.5 Å². The Morgan fingerprint density at radius 1 is 1.20 bits per heavy atom. The number of nitrogens with zero attached hydrogens (tertiary/aromatic N) is 5. The molecule has 2 N–H and O–H groups in total. The van der Waals surface area contributed by atoms with Crippen LogP contribution in [0.4, 0.5) is 19.0 Å². The molecule has 0 amide bonds. The van der Waals surface area contributed by atoms with Crippen molar-refractivity contribution < 1.29 is 17.9 Å². The summed E-state index contributed by atoms with van der Waals surface area (Å²) in [5.74, 6) is 0.457. The van der Waals surface area contributed by atoms with Crippen molar-refractivity contribution in [2.75, 3.05) is 5.73 Å². The Balaban J connectivity index is 1.87. The average molecular weight is 483 g/mol. The molecule has 1 unspecified atom stereocenters. The van der Waals surface area contributed by atoms with Gasteiger partial charge in [0.2, 0.25) is 0 Å². The standard InChI is InChI=1S/C25H25F3N6O/c1-5-34-22-15-10-20(24(29)30-11-15)35-14(3)18-8-13(2)6-7-17(18)21-16(12-33(4)31-21)9-19(22)23(32-34)25(26,27)28/h6-8,10-12,14H,5,9H2,1-4H3,(H2,29,30). The molecule has 0 saturated carbocycles. The summed E-state index contributed by atoms with van der Waals surface area (Å²) in [6.45, 7) is 5.88. The van der Waals surface area contributed by atoms with Gasteiger partial charge < -0.3 is 10.5 Å². The summed E-state index contributed by atoms with van der Waals surface area (Å²) < 4.78 is 51.8. The molecule has 3 aromatic heterocycles. The van der Waals surface area contributed by atoms with Gasteiger partial charge in [0.1, 0.15) is 6.10 Å². The Labute approximate surface area is 200 Å². The van der Waals surface area contributed by atoms with Crippen molar-refractivity contribution in [3.05, 3.63) is 64.6 Å². The second-order valence-corrected chi connectivity index (χ2v) is 8.80. The predicted molar refractivity (Wildman–Crippen MR) is 126 cm³/mol. The Morgan fingerprint density at radius 3 is 2.69 bits per heavy atom. The molecule has 0 aliphatic carbocycles. The number of hydrogen-bond acceptors (Lipinski definition) is 5. The second kappa shape index (κ2) is 8.14. The van der Waals surface area contributed by atoms with E-state index in [0.29, 0.717) is 28.3 Å². The highest BCUT2D eigenvalue weighted by molar-refractivity contribution is 5.73. The lowest BCUT2D eigenvalue weighted by molar-refractivity contribution is -0.142. The molecule has 0 fully saturated rings. The zero-order valence-corrected chi connectivity index (χ0v) is 19.8. The number of nitrogen functional groups attached to an aromatic ring is 1. The Morgan fingerprint density at radius 2 is 1.97 bits per heavy atom. The molecular weight excluding hydrogens is 457 g/mol. The molecule has 0 radical (unpaired) electrons. The molecule has 0 saturated heterocycles. The number of halogens is 3. The van der Waals surface area contributed by atoms with Crippen LogP contribution in [0.2, 0.25) is 0 Å². The minimum atomic E-state index is -4.63. The van der Waals surface area contributed by atoms with E-state index in [4.69, 9.17) is 10.5 Å². The van der Waals surface area contributed by atoms with Crippen molar-refractivity contribution in [3.8, 4) is 28.3 Å². The van der Waals surface area contributed by atoms with Crippen molar-refractivity contribution in [2.24, 2.45) is 7.05 Å². The third-order valence-electron chi connectivity index (χ3n) is 6.25. The fourth-order valence-corrected chi connectivity index (χ4v) is 4.70. The molecule has 5 rings (SSSR count). The molecule has 0 spiro atoms. The van der Waals surface area contributed by atoms with Gasteiger partial charge >= 0.3 is 6.18 Å². The van der Waals surface area contributed by atoms with E-state index in [-0.39, 0.29) is 24.3 Å². The highest BCUT2D eigenvalue weighted by Crippen LogP contribution is 2.42. The molecule has 182 valence electrons. The van der Waals surface area contributed by atoms with Gasteiger partial charge in [-0.25, -0.2) is 4.98 Å². The van der Waals surface area contributed by atoms with Crippen LogP contribution in [-0.2, 0) is 26.2 Å². The number of hydrogen-bond donors (Lipinski definition) is 1. The van der Waals surface area contributed by atoms with E-state index in [1.807, 2.05) is 32.0 Å². The topological polar surface area (TPSA) is 83.8 Å². The highest BCUT2D eigenvalue weighted by atomic mass is 19.4. The van der Waals surface area contributed by atoms with Crippen LogP contribution in [0, 0.1) is 6.92 Å². The molecule has 35 heavy (non-hydrogen) atoms. The van der Waals surface area contributed by atoms with Crippen LogP contribution in [-0.4, -0.2) is 24.5 Å². The fraction of sp³-hybridized carbons (Fsp3) is 0.320. The zero-order chi connectivity index (χ0) is 25.1. The highest BCUT2D eigenvalue weighted by Gasteiger charge is 2.40. The predicted octanol–water partition coefficient (Wildman–Crippen LogP) is 5.32. The summed E-state index contributed by atoms with van der Waals surface area (Å²) in [5, 5.41) is 8.60. The Bertz CT molecular complexity index is 1440. The lowest BCUT2D eigenvalue weighted by Gasteiger charge is -2.21. The number of fused-ring (bicyclic) bond motifs is 7. The first-order chi connectivity index (χ1) is 16.6. The van der Waals surface area contributed by atoms with Crippen LogP contribution in [0.5, 0.6) is 5.75 Å². The first-order valence-corrected chi connectivity index (χ1v) is 11.3. The second-order valence-electron chi connectivity index (χ2n) is 8.80. The summed E-state index contributed by atoms with van der Waals surface area (Å²) in [7, 11) is 1.76. The molecule has 7 nitrogen and oxygen atoms in total. The first-order valence-electron chi connectivity index (χ1n) is 11.3. The van der Waals surface area contributed by atoms with E-state index in [9.17, 15) is 13.2 Å². The molecule has 2 bridgehead atoms. The molecule has 4 heterocycles. The molecule has 4 aromatic rings. The summed E-state index contributed by atoms with van der Waals surface area (Å²) in [6, 6.07) is 7.53. The average Bonchev–Trinajstić information content (AvgIpc) is 3.34. The smallest absolute Gasteiger partial charge is 0.435 e. The maximum Gasteiger partial charge on any atom is 0.435 e. The number of pyridine rings is 1. The van der Waals surface area contributed by atoms with Crippen molar-refractivity contribution in [2.45, 2.75) is 46.0 Å². The van der Waals surface area contributed by atoms with Crippen molar-refractivity contribution in [3.63, 3.8) is 0 Å². The van der Waals surface area contributed by atoms with E-state index in [1.165, 1.54) is 10.9 Å². The van der Waals surface area contributed by atoms with Crippen LogP contribution in [0.15, 0.2) is 36.7 Å². The first kappa shape index (κ1) is 22.9. The molecule has 1 aliphatic heterocycles. The lowest BCUT2D eigenvalue weighted by atomic mass is 9.93. The van der Waals surface area contributed by atoms with E-state index in [0.717, 1.165) is 16.7 Å². The largest absolute Gasteiger partial charge is 0.482 e. The Hall–Kier alpha value is -3.82. The van der Waals surface area contributed by atoms with Crippen molar-refractivity contribution in [1.29, 1.82) is 0 Å². The molecule has 1 aliphatic rings.